The summed E-state index contributed by atoms with van der Waals surface area (Å²) in [6.07, 6.45) is 4.31. The summed E-state index contributed by atoms with van der Waals surface area (Å²) in [5, 5.41) is 2.96. The van der Waals surface area contributed by atoms with Crippen LogP contribution in [0.3, 0.4) is 0 Å². The summed E-state index contributed by atoms with van der Waals surface area (Å²) in [6, 6.07) is 22.5. The smallest absolute Gasteiger partial charge is 0.321 e. The van der Waals surface area contributed by atoms with Crippen molar-refractivity contribution in [1.29, 1.82) is 0 Å². The lowest BCUT2D eigenvalue weighted by atomic mass is 10.1. The van der Waals surface area contributed by atoms with Crippen LogP contribution in [0.5, 0.6) is 23.3 Å². The molecular weight excluding hydrogens is 442 g/mol. The van der Waals surface area contributed by atoms with Gasteiger partial charge >= 0.3 is 6.01 Å². The highest BCUT2D eigenvalue weighted by Crippen LogP contribution is 2.24. The zero-order valence-corrected chi connectivity index (χ0v) is 19.7. The van der Waals surface area contributed by atoms with Gasteiger partial charge in [0.15, 0.2) is 0 Å². The van der Waals surface area contributed by atoms with E-state index in [1.54, 1.807) is 49.8 Å². The van der Waals surface area contributed by atoms with Crippen LogP contribution < -0.4 is 19.5 Å². The molecule has 0 aliphatic heterocycles. The molecule has 4 aromatic rings. The van der Waals surface area contributed by atoms with Crippen LogP contribution in [0.1, 0.15) is 29.3 Å². The lowest BCUT2D eigenvalue weighted by Gasteiger charge is -2.09. The van der Waals surface area contributed by atoms with Crippen LogP contribution >= 0.6 is 0 Å². The number of hydrogen-bond donors (Lipinski definition) is 1. The van der Waals surface area contributed by atoms with E-state index in [9.17, 15) is 4.79 Å². The second-order valence-electron chi connectivity index (χ2n) is 7.79. The molecule has 0 aliphatic rings. The molecule has 0 saturated carbocycles. The van der Waals surface area contributed by atoms with Gasteiger partial charge in [0.1, 0.15) is 17.2 Å². The first-order valence-electron chi connectivity index (χ1n) is 11.4. The summed E-state index contributed by atoms with van der Waals surface area (Å²) < 4.78 is 16.4. The van der Waals surface area contributed by atoms with E-state index in [1.807, 2.05) is 42.5 Å². The molecule has 0 radical (unpaired) electrons. The molecule has 35 heavy (non-hydrogen) atoms. The normalized spacial score (nSPS) is 10.5. The fourth-order valence-electron chi connectivity index (χ4n) is 3.31. The van der Waals surface area contributed by atoms with E-state index < -0.39 is 0 Å². The largest absolute Gasteiger partial charge is 0.497 e. The van der Waals surface area contributed by atoms with Crippen molar-refractivity contribution in [3.05, 3.63) is 96.3 Å². The van der Waals surface area contributed by atoms with Gasteiger partial charge in [-0.05, 0) is 66.1 Å². The molecule has 0 unspecified atom stereocenters. The molecule has 0 aliphatic carbocycles. The van der Waals surface area contributed by atoms with Crippen molar-refractivity contribution >= 4 is 5.91 Å². The van der Waals surface area contributed by atoms with E-state index in [0.29, 0.717) is 24.5 Å². The Morgan fingerprint density at radius 1 is 0.857 bits per heavy atom. The summed E-state index contributed by atoms with van der Waals surface area (Å²) in [7, 11) is 1.61. The molecule has 0 fully saturated rings. The summed E-state index contributed by atoms with van der Waals surface area (Å²) in [6.45, 7) is 3.19. The number of carbonyl (C=O) groups excluding carboxylic acids is 1. The van der Waals surface area contributed by atoms with Gasteiger partial charge in [0.05, 0.1) is 13.7 Å². The molecule has 1 N–H and O–H groups in total. The molecule has 1 heterocycles. The molecule has 1 amide bonds. The minimum Gasteiger partial charge on any atom is -0.497 e. The maximum absolute atomic E-state index is 12.7. The monoisotopic (exact) mass is 469 g/mol. The number of amides is 1. The van der Waals surface area contributed by atoms with Gasteiger partial charge in [0.2, 0.25) is 0 Å². The average Bonchev–Trinajstić information content (AvgIpc) is 2.92. The average molecular weight is 470 g/mol. The van der Waals surface area contributed by atoms with Crippen LogP contribution in [0.25, 0.3) is 11.1 Å². The third-order valence-electron chi connectivity index (χ3n) is 5.20. The van der Waals surface area contributed by atoms with E-state index in [4.69, 9.17) is 14.2 Å². The van der Waals surface area contributed by atoms with E-state index in [2.05, 4.69) is 22.2 Å². The fourth-order valence-corrected chi connectivity index (χ4v) is 3.31. The Balaban J connectivity index is 1.36. The van der Waals surface area contributed by atoms with Crippen molar-refractivity contribution in [3.8, 4) is 34.4 Å². The first-order valence-corrected chi connectivity index (χ1v) is 11.4. The van der Waals surface area contributed by atoms with Crippen LogP contribution in [0.15, 0.2) is 85.2 Å². The molecule has 4 rings (SSSR count). The third-order valence-corrected chi connectivity index (χ3v) is 5.20. The molecule has 1 aromatic heterocycles. The van der Waals surface area contributed by atoms with E-state index in [-0.39, 0.29) is 11.9 Å². The second-order valence-corrected chi connectivity index (χ2v) is 7.79. The number of nitrogens with zero attached hydrogens (tertiary/aromatic N) is 2. The highest BCUT2D eigenvalue weighted by atomic mass is 16.5. The number of aromatic nitrogens is 2. The Morgan fingerprint density at radius 3 is 2.23 bits per heavy atom. The maximum atomic E-state index is 12.7. The zero-order chi connectivity index (χ0) is 24.5. The first-order chi connectivity index (χ1) is 17.1. The van der Waals surface area contributed by atoms with E-state index in [0.717, 1.165) is 34.6 Å². The van der Waals surface area contributed by atoms with Gasteiger partial charge in [-0.15, -0.1) is 0 Å². The lowest BCUT2D eigenvalue weighted by molar-refractivity contribution is 0.0951. The fraction of sp³-hybridized carbons (Fsp3) is 0.179. The van der Waals surface area contributed by atoms with Gasteiger partial charge in [0, 0.05) is 30.1 Å². The summed E-state index contributed by atoms with van der Waals surface area (Å²) in [5.74, 6) is 2.03. The summed E-state index contributed by atoms with van der Waals surface area (Å²) >= 11 is 0. The number of ether oxygens (including phenoxy) is 3. The predicted octanol–water partition coefficient (Wildman–Crippen LogP) is 5.66. The SMILES string of the molecule is CCCOc1ccc(CNC(=O)c2cccc(-c3cnc(Oc4ccc(OC)cc4)nc3)c2)cc1. The quantitative estimate of drug-likeness (QED) is 0.323. The number of carbonyl (C=O) groups is 1. The Kier molecular flexibility index (Phi) is 7.91. The standard InChI is InChI=1S/C28H27N3O4/c1-3-15-34-25-9-7-20(8-10-25)17-29-27(32)22-6-4-5-21(16-22)23-18-30-28(31-19-23)35-26-13-11-24(33-2)12-14-26/h4-14,16,18-19H,3,15,17H2,1-2H3,(H,29,32). The van der Waals surface area contributed by atoms with E-state index in [1.165, 1.54) is 0 Å². The number of hydrogen-bond acceptors (Lipinski definition) is 6. The molecular formula is C28H27N3O4. The van der Waals surface area contributed by atoms with Crippen molar-refractivity contribution < 1.29 is 19.0 Å². The van der Waals surface area contributed by atoms with Gasteiger partial charge in [0.25, 0.3) is 5.91 Å². The Labute approximate surface area is 204 Å². The van der Waals surface area contributed by atoms with Crippen molar-refractivity contribution in [1.82, 2.24) is 15.3 Å². The number of benzene rings is 3. The Hall–Kier alpha value is -4.39. The second kappa shape index (κ2) is 11.7. The molecule has 0 atom stereocenters. The van der Waals surface area contributed by atoms with Gasteiger partial charge in [-0.25, -0.2) is 9.97 Å². The van der Waals surface area contributed by atoms with Crippen LogP contribution in [-0.2, 0) is 6.54 Å². The predicted molar refractivity (Wildman–Crippen MR) is 134 cm³/mol. The van der Waals surface area contributed by atoms with Gasteiger partial charge in [-0.3, -0.25) is 4.79 Å². The minimum atomic E-state index is -0.154. The number of rotatable bonds is 10. The minimum absolute atomic E-state index is 0.154. The van der Waals surface area contributed by atoms with Crippen molar-refractivity contribution in [3.63, 3.8) is 0 Å². The number of methoxy groups -OCH3 is 1. The van der Waals surface area contributed by atoms with Crippen molar-refractivity contribution in [2.24, 2.45) is 0 Å². The van der Waals surface area contributed by atoms with Crippen LogP contribution in [0, 0.1) is 0 Å². The maximum Gasteiger partial charge on any atom is 0.321 e. The molecule has 3 aromatic carbocycles. The zero-order valence-electron chi connectivity index (χ0n) is 19.7. The van der Waals surface area contributed by atoms with Crippen LogP contribution in [-0.4, -0.2) is 29.6 Å². The molecule has 0 bridgehead atoms. The number of nitrogens with one attached hydrogen (secondary N) is 1. The first kappa shape index (κ1) is 23.8. The molecule has 7 nitrogen and oxygen atoms in total. The van der Waals surface area contributed by atoms with E-state index >= 15 is 0 Å². The molecule has 0 spiro atoms. The summed E-state index contributed by atoms with van der Waals surface area (Å²) in [4.78, 5) is 21.3. The third kappa shape index (κ3) is 6.57. The van der Waals surface area contributed by atoms with Crippen LogP contribution in [0.2, 0.25) is 0 Å². The topological polar surface area (TPSA) is 82.6 Å². The van der Waals surface area contributed by atoms with Gasteiger partial charge in [-0.2, -0.15) is 0 Å². The van der Waals surface area contributed by atoms with Gasteiger partial charge in [-0.1, -0.05) is 31.2 Å². The molecule has 0 saturated heterocycles. The van der Waals surface area contributed by atoms with Crippen LogP contribution in [0.4, 0.5) is 0 Å². The van der Waals surface area contributed by atoms with Gasteiger partial charge < -0.3 is 19.5 Å². The highest BCUT2D eigenvalue weighted by molar-refractivity contribution is 5.95. The molecule has 7 heteroatoms. The highest BCUT2D eigenvalue weighted by Gasteiger charge is 2.09. The molecule has 178 valence electrons. The summed E-state index contributed by atoms with van der Waals surface area (Å²) in [5.41, 5.74) is 3.18. The Bertz CT molecular complexity index is 1240. The van der Waals surface area contributed by atoms with Crippen molar-refractivity contribution in [2.45, 2.75) is 19.9 Å². The lowest BCUT2D eigenvalue weighted by Crippen LogP contribution is -2.22. The Morgan fingerprint density at radius 2 is 1.54 bits per heavy atom. The van der Waals surface area contributed by atoms with Crippen molar-refractivity contribution in [2.75, 3.05) is 13.7 Å².